The average Bonchev–Trinajstić information content (AvgIpc) is 3.26. The number of fused-ring (bicyclic) bond motifs is 1. The second-order valence-electron chi connectivity index (χ2n) is 5.37. The first-order valence-corrected chi connectivity index (χ1v) is 7.41. The molecule has 2 aromatic carbocycles. The minimum absolute atomic E-state index is 0.116. The van der Waals surface area contributed by atoms with Crippen LogP contribution in [-0.2, 0) is 0 Å². The highest BCUT2D eigenvalue weighted by Gasteiger charge is 2.07. The summed E-state index contributed by atoms with van der Waals surface area (Å²) in [5.41, 5.74) is 3.42. The summed E-state index contributed by atoms with van der Waals surface area (Å²) in [6.45, 7) is 0. The normalized spacial score (nSPS) is 10.8. The van der Waals surface area contributed by atoms with E-state index in [2.05, 4.69) is 10.3 Å². The molecule has 1 amide bonds. The van der Waals surface area contributed by atoms with Crippen molar-refractivity contribution in [1.29, 1.82) is 0 Å². The molecule has 4 aromatic rings. The molecule has 0 unspecified atom stereocenters. The molecule has 2 aromatic heterocycles. The number of hydrogen-bond donors (Lipinski definition) is 2. The van der Waals surface area contributed by atoms with Crippen molar-refractivity contribution in [2.45, 2.75) is 0 Å². The van der Waals surface area contributed by atoms with E-state index >= 15 is 0 Å². The fraction of sp³-hybridized carbons (Fsp3) is 0. The number of anilines is 1. The van der Waals surface area contributed by atoms with Gasteiger partial charge in [-0.2, -0.15) is 0 Å². The Morgan fingerprint density at radius 1 is 0.957 bits per heavy atom. The predicted octanol–water partition coefficient (Wildman–Crippen LogP) is 4.21. The summed E-state index contributed by atoms with van der Waals surface area (Å²) >= 11 is 0. The number of carbonyl (C=O) groups excluding carboxylic acids is 1. The van der Waals surface area contributed by atoms with Crippen molar-refractivity contribution in [3.8, 4) is 5.69 Å². The molecule has 4 nitrogen and oxygen atoms in total. The van der Waals surface area contributed by atoms with Gasteiger partial charge in [0.2, 0.25) is 0 Å². The number of carbonyl (C=O) groups is 1. The van der Waals surface area contributed by atoms with Gasteiger partial charge < -0.3 is 14.9 Å². The van der Waals surface area contributed by atoms with Crippen LogP contribution in [0, 0.1) is 0 Å². The standard InChI is InChI=1S/C19H15N3O/c23-19(15-4-3-14-9-10-20-18(14)13-15)21-16-5-7-17(8-6-16)22-11-1-2-12-22/h1-13,20H,(H,21,23). The van der Waals surface area contributed by atoms with Crippen LogP contribution in [0.25, 0.3) is 16.6 Å². The first-order valence-electron chi connectivity index (χ1n) is 7.41. The Bertz CT molecular complexity index is 950. The number of aromatic amines is 1. The van der Waals surface area contributed by atoms with E-state index in [-0.39, 0.29) is 5.91 Å². The molecule has 2 N–H and O–H groups in total. The van der Waals surface area contributed by atoms with Gasteiger partial charge in [-0.25, -0.2) is 0 Å². The number of nitrogens with one attached hydrogen (secondary N) is 2. The molecular weight excluding hydrogens is 286 g/mol. The molecule has 4 rings (SSSR count). The third kappa shape index (κ3) is 2.62. The Morgan fingerprint density at radius 3 is 2.52 bits per heavy atom. The molecule has 0 bridgehead atoms. The summed E-state index contributed by atoms with van der Waals surface area (Å²) in [4.78, 5) is 15.5. The van der Waals surface area contributed by atoms with Crippen LogP contribution < -0.4 is 5.32 Å². The maximum Gasteiger partial charge on any atom is 0.255 e. The van der Waals surface area contributed by atoms with Crippen molar-refractivity contribution in [2.24, 2.45) is 0 Å². The lowest BCUT2D eigenvalue weighted by molar-refractivity contribution is 0.102. The molecule has 0 fully saturated rings. The van der Waals surface area contributed by atoms with Crippen LogP contribution in [0.5, 0.6) is 0 Å². The Kier molecular flexibility index (Phi) is 3.20. The fourth-order valence-corrected chi connectivity index (χ4v) is 2.62. The van der Waals surface area contributed by atoms with Crippen molar-refractivity contribution in [3.05, 3.63) is 84.8 Å². The van der Waals surface area contributed by atoms with E-state index < -0.39 is 0 Å². The molecule has 23 heavy (non-hydrogen) atoms. The maximum absolute atomic E-state index is 12.4. The monoisotopic (exact) mass is 301 g/mol. The Hall–Kier alpha value is -3.27. The van der Waals surface area contributed by atoms with Crippen molar-refractivity contribution >= 4 is 22.5 Å². The van der Waals surface area contributed by atoms with E-state index in [4.69, 9.17) is 0 Å². The van der Waals surface area contributed by atoms with Crippen molar-refractivity contribution in [2.75, 3.05) is 5.32 Å². The van der Waals surface area contributed by atoms with Crippen LogP contribution in [-0.4, -0.2) is 15.5 Å². The molecule has 0 atom stereocenters. The average molecular weight is 301 g/mol. The van der Waals surface area contributed by atoms with Gasteiger partial charge in [-0.05, 0) is 60.0 Å². The molecule has 0 saturated heterocycles. The van der Waals surface area contributed by atoms with Crippen molar-refractivity contribution in [1.82, 2.24) is 9.55 Å². The third-order valence-corrected chi connectivity index (χ3v) is 3.84. The minimum Gasteiger partial charge on any atom is -0.361 e. The Labute approximate surface area is 133 Å². The predicted molar refractivity (Wildman–Crippen MR) is 92.0 cm³/mol. The lowest BCUT2D eigenvalue weighted by atomic mass is 10.1. The van der Waals surface area contributed by atoms with Gasteiger partial charge in [0.1, 0.15) is 0 Å². The van der Waals surface area contributed by atoms with E-state index in [1.54, 1.807) is 0 Å². The molecule has 4 heteroatoms. The first kappa shape index (κ1) is 13.4. The molecule has 0 spiro atoms. The van der Waals surface area contributed by atoms with Crippen molar-refractivity contribution < 1.29 is 4.79 Å². The quantitative estimate of drug-likeness (QED) is 0.585. The summed E-state index contributed by atoms with van der Waals surface area (Å²) < 4.78 is 2.02. The molecule has 112 valence electrons. The van der Waals surface area contributed by atoms with Gasteiger partial charge in [0, 0.05) is 41.0 Å². The fourth-order valence-electron chi connectivity index (χ4n) is 2.62. The lowest BCUT2D eigenvalue weighted by Gasteiger charge is -2.07. The molecule has 0 radical (unpaired) electrons. The number of amides is 1. The molecule has 0 aliphatic carbocycles. The molecule has 2 heterocycles. The zero-order valence-corrected chi connectivity index (χ0v) is 12.4. The van der Waals surface area contributed by atoms with Crippen LogP contribution in [0.3, 0.4) is 0 Å². The molecule has 0 saturated carbocycles. The van der Waals surface area contributed by atoms with Crippen LogP contribution in [0.15, 0.2) is 79.3 Å². The zero-order valence-electron chi connectivity index (χ0n) is 12.4. The van der Waals surface area contributed by atoms with E-state index in [0.29, 0.717) is 5.56 Å². The maximum atomic E-state index is 12.4. The second kappa shape index (κ2) is 5.50. The smallest absolute Gasteiger partial charge is 0.255 e. The summed E-state index contributed by atoms with van der Waals surface area (Å²) in [6.07, 6.45) is 5.84. The van der Waals surface area contributed by atoms with Crippen molar-refractivity contribution in [3.63, 3.8) is 0 Å². The topological polar surface area (TPSA) is 49.8 Å². The number of aromatic nitrogens is 2. The second-order valence-corrected chi connectivity index (χ2v) is 5.37. The Balaban J connectivity index is 1.53. The lowest BCUT2D eigenvalue weighted by Crippen LogP contribution is -2.11. The molecule has 0 aliphatic rings. The van der Waals surface area contributed by atoms with E-state index in [9.17, 15) is 4.79 Å². The van der Waals surface area contributed by atoms with Gasteiger partial charge in [-0.15, -0.1) is 0 Å². The van der Waals surface area contributed by atoms with Crippen LogP contribution in [0.4, 0.5) is 5.69 Å². The summed E-state index contributed by atoms with van der Waals surface area (Å²) in [5.74, 6) is -0.116. The highest BCUT2D eigenvalue weighted by atomic mass is 16.1. The van der Waals surface area contributed by atoms with Gasteiger partial charge in [0.05, 0.1) is 0 Å². The van der Waals surface area contributed by atoms with Gasteiger partial charge in [0.15, 0.2) is 0 Å². The summed E-state index contributed by atoms with van der Waals surface area (Å²) in [6, 6.07) is 19.3. The van der Waals surface area contributed by atoms with Gasteiger partial charge in [0.25, 0.3) is 5.91 Å². The Morgan fingerprint density at radius 2 is 1.74 bits per heavy atom. The summed E-state index contributed by atoms with van der Waals surface area (Å²) in [5, 5.41) is 4.02. The van der Waals surface area contributed by atoms with Crippen LogP contribution >= 0.6 is 0 Å². The highest BCUT2D eigenvalue weighted by Crippen LogP contribution is 2.17. The van der Waals surface area contributed by atoms with Crippen LogP contribution in [0.2, 0.25) is 0 Å². The largest absolute Gasteiger partial charge is 0.361 e. The van der Waals surface area contributed by atoms with Gasteiger partial charge in [-0.1, -0.05) is 6.07 Å². The van der Waals surface area contributed by atoms with Crippen LogP contribution in [0.1, 0.15) is 10.4 Å². The number of hydrogen-bond acceptors (Lipinski definition) is 1. The SMILES string of the molecule is O=C(Nc1ccc(-n2cccc2)cc1)c1ccc2cc[nH]c2c1. The number of H-pyrrole nitrogens is 1. The first-order chi connectivity index (χ1) is 11.3. The molecular formula is C19H15N3O. The summed E-state index contributed by atoms with van der Waals surface area (Å²) in [7, 11) is 0. The van der Waals surface area contributed by atoms with E-state index in [1.807, 2.05) is 83.8 Å². The zero-order chi connectivity index (χ0) is 15.6. The molecule has 0 aliphatic heterocycles. The number of benzene rings is 2. The van der Waals surface area contributed by atoms with Gasteiger partial charge in [-0.3, -0.25) is 4.79 Å². The third-order valence-electron chi connectivity index (χ3n) is 3.84. The van der Waals surface area contributed by atoms with Gasteiger partial charge >= 0.3 is 0 Å². The minimum atomic E-state index is -0.116. The number of nitrogens with zero attached hydrogens (tertiary/aromatic N) is 1. The number of rotatable bonds is 3. The van der Waals surface area contributed by atoms with E-state index in [0.717, 1.165) is 22.3 Å². The van der Waals surface area contributed by atoms with E-state index in [1.165, 1.54) is 0 Å². The highest BCUT2D eigenvalue weighted by molar-refractivity contribution is 6.06.